The normalized spacial score (nSPS) is 16.2. The van der Waals surface area contributed by atoms with E-state index >= 15 is 0 Å². The molecule has 0 spiro atoms. The fourth-order valence-electron chi connectivity index (χ4n) is 2.71. The summed E-state index contributed by atoms with van der Waals surface area (Å²) in [6.45, 7) is 6.37. The van der Waals surface area contributed by atoms with Crippen molar-refractivity contribution < 1.29 is 9.90 Å². The molecule has 2 rings (SSSR count). The molecule has 1 aliphatic heterocycles. The van der Waals surface area contributed by atoms with Gasteiger partial charge in [-0.15, -0.1) is 0 Å². The van der Waals surface area contributed by atoms with Crippen LogP contribution >= 0.6 is 0 Å². The monoisotopic (exact) mass is 290 g/mol. The van der Waals surface area contributed by atoms with E-state index in [0.717, 1.165) is 39.0 Å². The van der Waals surface area contributed by atoms with Crippen molar-refractivity contribution in [1.29, 1.82) is 0 Å². The predicted octanol–water partition coefficient (Wildman–Crippen LogP) is 1.32. The van der Waals surface area contributed by atoms with Crippen LogP contribution in [0.4, 0.5) is 0 Å². The molecule has 0 radical (unpaired) electrons. The highest BCUT2D eigenvalue weighted by Crippen LogP contribution is 2.10. The van der Waals surface area contributed by atoms with Crippen molar-refractivity contribution in [1.82, 2.24) is 9.80 Å². The summed E-state index contributed by atoms with van der Waals surface area (Å²) >= 11 is 0. The fraction of sp³-hybridized carbons (Fsp3) is 0.588. The lowest BCUT2D eigenvalue weighted by Gasteiger charge is -2.34. The van der Waals surface area contributed by atoms with Crippen LogP contribution in [0.1, 0.15) is 24.5 Å². The number of piperazine rings is 1. The van der Waals surface area contributed by atoms with E-state index < -0.39 is 0 Å². The van der Waals surface area contributed by atoms with Gasteiger partial charge in [0.15, 0.2) is 0 Å². The Bertz CT molecular complexity index is 437. The number of amides is 1. The Kier molecular flexibility index (Phi) is 6.21. The van der Waals surface area contributed by atoms with Gasteiger partial charge in [0.25, 0.3) is 0 Å². The summed E-state index contributed by atoms with van der Waals surface area (Å²) in [5.41, 5.74) is 2.57. The summed E-state index contributed by atoms with van der Waals surface area (Å²) in [6.07, 6.45) is 2.46. The van der Waals surface area contributed by atoms with Crippen LogP contribution in [0.2, 0.25) is 0 Å². The summed E-state index contributed by atoms with van der Waals surface area (Å²) < 4.78 is 0. The highest BCUT2D eigenvalue weighted by molar-refractivity contribution is 5.76. The number of carbonyl (C=O) groups is 1. The van der Waals surface area contributed by atoms with Crippen molar-refractivity contribution in [3.63, 3.8) is 0 Å². The number of aliphatic hydroxyl groups excluding tert-OH is 1. The van der Waals surface area contributed by atoms with Crippen molar-refractivity contribution in [2.24, 2.45) is 0 Å². The quantitative estimate of drug-likeness (QED) is 0.859. The van der Waals surface area contributed by atoms with E-state index in [1.807, 2.05) is 4.90 Å². The SMILES string of the molecule is CCc1ccc(CCC(=O)N2CCN(CCO)CC2)cc1. The van der Waals surface area contributed by atoms with E-state index in [0.29, 0.717) is 13.0 Å². The molecular formula is C17H26N2O2. The topological polar surface area (TPSA) is 43.8 Å². The Morgan fingerprint density at radius 3 is 2.29 bits per heavy atom. The Hall–Kier alpha value is -1.39. The summed E-state index contributed by atoms with van der Waals surface area (Å²) in [5, 5.41) is 8.92. The van der Waals surface area contributed by atoms with Gasteiger partial charge in [-0.25, -0.2) is 0 Å². The zero-order valence-corrected chi connectivity index (χ0v) is 12.9. The maximum atomic E-state index is 12.2. The lowest BCUT2D eigenvalue weighted by atomic mass is 10.1. The third-order valence-corrected chi connectivity index (χ3v) is 4.20. The molecule has 0 aromatic heterocycles. The zero-order chi connectivity index (χ0) is 15.1. The van der Waals surface area contributed by atoms with Gasteiger partial charge in [-0.1, -0.05) is 31.2 Å². The molecule has 116 valence electrons. The molecule has 1 aromatic carbocycles. The molecule has 0 atom stereocenters. The molecule has 0 unspecified atom stereocenters. The fourth-order valence-corrected chi connectivity index (χ4v) is 2.71. The molecule has 1 aromatic rings. The van der Waals surface area contributed by atoms with Gasteiger partial charge in [0.2, 0.25) is 5.91 Å². The van der Waals surface area contributed by atoms with Crippen LogP contribution in [0.25, 0.3) is 0 Å². The molecule has 4 nitrogen and oxygen atoms in total. The number of hydrogen-bond donors (Lipinski definition) is 1. The number of nitrogens with zero attached hydrogens (tertiary/aromatic N) is 2. The number of rotatable bonds is 6. The van der Waals surface area contributed by atoms with Crippen LogP contribution in [0.15, 0.2) is 24.3 Å². The molecule has 0 saturated carbocycles. The van der Waals surface area contributed by atoms with Crippen LogP contribution in [0, 0.1) is 0 Å². The number of aryl methyl sites for hydroxylation is 2. The molecule has 1 N–H and O–H groups in total. The van der Waals surface area contributed by atoms with E-state index in [1.165, 1.54) is 11.1 Å². The average Bonchev–Trinajstić information content (AvgIpc) is 2.54. The highest BCUT2D eigenvalue weighted by Gasteiger charge is 2.20. The number of carbonyl (C=O) groups excluding carboxylic acids is 1. The first-order valence-corrected chi connectivity index (χ1v) is 7.91. The molecule has 21 heavy (non-hydrogen) atoms. The second-order valence-corrected chi connectivity index (χ2v) is 5.62. The molecule has 1 saturated heterocycles. The van der Waals surface area contributed by atoms with Gasteiger partial charge in [-0.2, -0.15) is 0 Å². The van der Waals surface area contributed by atoms with Gasteiger partial charge >= 0.3 is 0 Å². The lowest BCUT2D eigenvalue weighted by molar-refractivity contribution is -0.132. The molecule has 0 bridgehead atoms. The van der Waals surface area contributed by atoms with Crippen LogP contribution < -0.4 is 0 Å². The minimum Gasteiger partial charge on any atom is -0.395 e. The molecule has 4 heteroatoms. The molecule has 1 fully saturated rings. The highest BCUT2D eigenvalue weighted by atomic mass is 16.3. The number of hydrogen-bond acceptors (Lipinski definition) is 3. The van der Waals surface area contributed by atoms with Gasteiger partial charge in [-0.05, 0) is 24.0 Å². The van der Waals surface area contributed by atoms with E-state index in [9.17, 15) is 4.79 Å². The van der Waals surface area contributed by atoms with Crippen molar-refractivity contribution in [2.75, 3.05) is 39.3 Å². The average molecular weight is 290 g/mol. The molecule has 1 heterocycles. The van der Waals surface area contributed by atoms with E-state index in [2.05, 4.69) is 36.1 Å². The Balaban J connectivity index is 1.74. The van der Waals surface area contributed by atoms with Crippen molar-refractivity contribution in [3.05, 3.63) is 35.4 Å². The smallest absolute Gasteiger partial charge is 0.222 e. The van der Waals surface area contributed by atoms with Crippen molar-refractivity contribution in [2.45, 2.75) is 26.2 Å². The summed E-state index contributed by atoms with van der Waals surface area (Å²) in [5.74, 6) is 0.248. The third kappa shape index (κ3) is 4.83. The first-order valence-electron chi connectivity index (χ1n) is 7.91. The third-order valence-electron chi connectivity index (χ3n) is 4.20. The van der Waals surface area contributed by atoms with Gasteiger partial charge in [0.1, 0.15) is 0 Å². The number of aliphatic hydroxyl groups is 1. The predicted molar refractivity (Wildman–Crippen MR) is 84.2 cm³/mol. The van der Waals surface area contributed by atoms with Crippen LogP contribution in [-0.4, -0.2) is 60.1 Å². The summed E-state index contributed by atoms with van der Waals surface area (Å²) in [4.78, 5) is 16.4. The van der Waals surface area contributed by atoms with E-state index in [-0.39, 0.29) is 12.5 Å². The first-order chi connectivity index (χ1) is 10.2. The maximum Gasteiger partial charge on any atom is 0.222 e. The molecule has 1 aliphatic rings. The molecule has 0 aliphatic carbocycles. The van der Waals surface area contributed by atoms with Gasteiger partial charge in [0, 0.05) is 39.1 Å². The van der Waals surface area contributed by atoms with E-state index in [4.69, 9.17) is 5.11 Å². The van der Waals surface area contributed by atoms with Gasteiger partial charge < -0.3 is 10.0 Å². The maximum absolute atomic E-state index is 12.2. The largest absolute Gasteiger partial charge is 0.395 e. The summed E-state index contributed by atoms with van der Waals surface area (Å²) in [6, 6.07) is 8.55. The Morgan fingerprint density at radius 1 is 1.10 bits per heavy atom. The van der Waals surface area contributed by atoms with E-state index in [1.54, 1.807) is 0 Å². The Morgan fingerprint density at radius 2 is 1.71 bits per heavy atom. The zero-order valence-electron chi connectivity index (χ0n) is 12.9. The number of benzene rings is 1. The summed E-state index contributed by atoms with van der Waals surface area (Å²) in [7, 11) is 0. The molecular weight excluding hydrogens is 264 g/mol. The van der Waals surface area contributed by atoms with Crippen molar-refractivity contribution in [3.8, 4) is 0 Å². The van der Waals surface area contributed by atoms with Crippen LogP contribution in [0.3, 0.4) is 0 Å². The van der Waals surface area contributed by atoms with Gasteiger partial charge in [0.05, 0.1) is 6.61 Å². The minimum absolute atomic E-state index is 0.196. The molecule has 1 amide bonds. The standard InChI is InChI=1S/C17H26N2O2/c1-2-15-3-5-16(6-4-15)7-8-17(21)19-11-9-18(10-12-19)13-14-20/h3-6,20H,2,7-14H2,1H3. The van der Waals surface area contributed by atoms with Gasteiger partial charge in [-0.3, -0.25) is 9.69 Å². The second-order valence-electron chi connectivity index (χ2n) is 5.62. The number of β-amino-alcohol motifs (C(OH)–C–C–N with tert-alkyl or cyclic N) is 1. The Labute approximate surface area is 127 Å². The van der Waals surface area contributed by atoms with Crippen LogP contribution in [0.5, 0.6) is 0 Å². The second kappa shape index (κ2) is 8.15. The first kappa shape index (κ1) is 16.0. The van der Waals surface area contributed by atoms with Crippen molar-refractivity contribution >= 4 is 5.91 Å². The minimum atomic E-state index is 0.196. The lowest BCUT2D eigenvalue weighted by Crippen LogP contribution is -2.49. The van der Waals surface area contributed by atoms with Crippen LogP contribution in [-0.2, 0) is 17.6 Å².